The van der Waals surface area contributed by atoms with E-state index in [1.807, 2.05) is 25.3 Å². The van der Waals surface area contributed by atoms with Gasteiger partial charge < -0.3 is 19.5 Å². The molecule has 0 bridgehead atoms. The van der Waals surface area contributed by atoms with Crippen LogP contribution in [0.1, 0.15) is 35.4 Å². The standard InChI is InChI=1S/C21H23NO5S/c1-5-9-22-17(20-12(2)8-10-28-20)16(19(24)21(22)25)18(23)14-7-6-13(26-3)11-15(14)27-4/h6-8,10-11,17,23H,5,9H2,1-4H3/b18-16+. The third-order valence-corrected chi connectivity index (χ3v) is 5.89. The molecule has 1 aliphatic rings. The van der Waals surface area contributed by atoms with Crippen LogP contribution in [0.3, 0.4) is 0 Å². The van der Waals surface area contributed by atoms with Crippen LogP contribution in [-0.2, 0) is 9.59 Å². The van der Waals surface area contributed by atoms with Gasteiger partial charge in [0.1, 0.15) is 17.3 Å². The normalized spacial score (nSPS) is 18.6. The van der Waals surface area contributed by atoms with E-state index in [2.05, 4.69) is 0 Å². The van der Waals surface area contributed by atoms with Gasteiger partial charge >= 0.3 is 0 Å². The number of aliphatic hydroxyl groups is 1. The fourth-order valence-electron chi connectivity index (χ4n) is 3.43. The first-order valence-electron chi connectivity index (χ1n) is 8.99. The number of benzene rings is 1. The van der Waals surface area contributed by atoms with Crippen molar-refractivity contribution in [2.45, 2.75) is 26.3 Å². The maximum absolute atomic E-state index is 12.9. The molecule has 0 aliphatic carbocycles. The second kappa shape index (κ2) is 8.06. The summed E-state index contributed by atoms with van der Waals surface area (Å²) in [6.07, 6.45) is 0.708. The number of nitrogens with zero attached hydrogens (tertiary/aromatic N) is 1. The first kappa shape index (κ1) is 19.9. The van der Waals surface area contributed by atoms with Crippen molar-refractivity contribution in [2.75, 3.05) is 20.8 Å². The minimum atomic E-state index is -0.679. The Morgan fingerprint density at radius 1 is 1.21 bits per heavy atom. The van der Waals surface area contributed by atoms with E-state index in [4.69, 9.17) is 9.47 Å². The van der Waals surface area contributed by atoms with Gasteiger partial charge in [0, 0.05) is 17.5 Å². The maximum Gasteiger partial charge on any atom is 0.295 e. The Hall–Kier alpha value is -2.80. The van der Waals surface area contributed by atoms with Gasteiger partial charge in [0.25, 0.3) is 11.7 Å². The molecule has 1 aliphatic heterocycles. The highest BCUT2D eigenvalue weighted by atomic mass is 32.1. The van der Waals surface area contributed by atoms with Gasteiger partial charge in [-0.05, 0) is 42.5 Å². The third-order valence-electron chi connectivity index (χ3n) is 4.82. The number of amides is 1. The van der Waals surface area contributed by atoms with Gasteiger partial charge in [0.2, 0.25) is 0 Å². The van der Waals surface area contributed by atoms with Gasteiger partial charge in [-0.25, -0.2) is 0 Å². The molecule has 1 aromatic carbocycles. The van der Waals surface area contributed by atoms with Crippen molar-refractivity contribution in [2.24, 2.45) is 0 Å². The molecule has 1 atom stereocenters. The summed E-state index contributed by atoms with van der Waals surface area (Å²) in [5, 5.41) is 13.0. The van der Waals surface area contributed by atoms with Gasteiger partial charge in [-0.3, -0.25) is 9.59 Å². The van der Waals surface area contributed by atoms with Crippen molar-refractivity contribution < 1.29 is 24.2 Å². The van der Waals surface area contributed by atoms with E-state index in [-0.39, 0.29) is 11.3 Å². The number of ketones is 1. The first-order chi connectivity index (χ1) is 13.4. The third kappa shape index (κ3) is 3.26. The number of thiophene rings is 1. The van der Waals surface area contributed by atoms with Crippen molar-refractivity contribution in [3.05, 3.63) is 51.2 Å². The quantitative estimate of drug-likeness (QED) is 0.451. The predicted octanol–water partition coefficient (Wildman–Crippen LogP) is 3.91. The molecule has 1 unspecified atom stereocenters. The van der Waals surface area contributed by atoms with Crippen molar-refractivity contribution in [1.82, 2.24) is 4.90 Å². The lowest BCUT2D eigenvalue weighted by Crippen LogP contribution is -2.30. The summed E-state index contributed by atoms with van der Waals surface area (Å²) in [6, 6.07) is 6.26. The molecule has 7 heteroatoms. The highest BCUT2D eigenvalue weighted by Crippen LogP contribution is 2.43. The molecule has 3 rings (SSSR count). The molecule has 0 radical (unpaired) electrons. The number of hydrogen-bond acceptors (Lipinski definition) is 6. The topological polar surface area (TPSA) is 76.1 Å². The minimum Gasteiger partial charge on any atom is -0.507 e. The largest absolute Gasteiger partial charge is 0.507 e. The average Bonchev–Trinajstić information content (AvgIpc) is 3.23. The molecular formula is C21H23NO5S. The van der Waals surface area contributed by atoms with Gasteiger partial charge in [0.15, 0.2) is 0 Å². The summed E-state index contributed by atoms with van der Waals surface area (Å²) < 4.78 is 10.6. The predicted molar refractivity (Wildman–Crippen MR) is 108 cm³/mol. The summed E-state index contributed by atoms with van der Waals surface area (Å²) in [7, 11) is 3.01. The summed E-state index contributed by atoms with van der Waals surface area (Å²) in [4.78, 5) is 28.0. The van der Waals surface area contributed by atoms with Crippen LogP contribution in [0.5, 0.6) is 11.5 Å². The van der Waals surface area contributed by atoms with Crippen LogP contribution in [0, 0.1) is 6.92 Å². The second-order valence-corrected chi connectivity index (χ2v) is 7.47. The van der Waals surface area contributed by atoms with E-state index < -0.39 is 17.7 Å². The van der Waals surface area contributed by atoms with Crippen molar-refractivity contribution in [1.29, 1.82) is 0 Å². The fourth-order valence-corrected chi connectivity index (χ4v) is 4.47. The molecule has 2 heterocycles. The van der Waals surface area contributed by atoms with Gasteiger partial charge in [-0.15, -0.1) is 11.3 Å². The number of carbonyl (C=O) groups is 2. The molecule has 1 aromatic heterocycles. The molecule has 1 N–H and O–H groups in total. The molecule has 1 saturated heterocycles. The maximum atomic E-state index is 12.9. The lowest BCUT2D eigenvalue weighted by atomic mass is 9.98. The number of likely N-dealkylation sites (tertiary alicyclic amines) is 1. The molecule has 148 valence electrons. The second-order valence-electron chi connectivity index (χ2n) is 6.53. The highest BCUT2D eigenvalue weighted by molar-refractivity contribution is 7.10. The lowest BCUT2D eigenvalue weighted by Gasteiger charge is -2.24. The van der Waals surface area contributed by atoms with Crippen LogP contribution < -0.4 is 9.47 Å². The van der Waals surface area contributed by atoms with E-state index in [1.165, 1.54) is 25.6 Å². The lowest BCUT2D eigenvalue weighted by molar-refractivity contribution is -0.139. The summed E-state index contributed by atoms with van der Waals surface area (Å²) in [6.45, 7) is 4.32. The van der Waals surface area contributed by atoms with Crippen LogP contribution in [-0.4, -0.2) is 42.5 Å². The fraction of sp³-hybridized carbons (Fsp3) is 0.333. The van der Waals surface area contributed by atoms with E-state index >= 15 is 0 Å². The van der Waals surface area contributed by atoms with E-state index in [9.17, 15) is 14.7 Å². The molecule has 0 saturated carbocycles. The van der Waals surface area contributed by atoms with Gasteiger partial charge in [0.05, 0.1) is 31.4 Å². The number of hydrogen-bond donors (Lipinski definition) is 1. The smallest absolute Gasteiger partial charge is 0.295 e. The molecule has 0 spiro atoms. The number of Topliss-reactive ketones (excluding diaryl/α,β-unsaturated/α-hetero) is 1. The molecule has 2 aromatic rings. The number of ether oxygens (including phenoxy) is 2. The Labute approximate surface area is 168 Å². The molecule has 1 fully saturated rings. The number of aryl methyl sites for hydroxylation is 1. The number of carbonyl (C=O) groups excluding carboxylic acids is 2. The number of aliphatic hydroxyl groups excluding tert-OH is 1. The SMILES string of the molecule is CCCN1C(=O)C(=O)/C(=C(/O)c2ccc(OC)cc2OC)C1c1sccc1C. The van der Waals surface area contributed by atoms with Crippen molar-refractivity contribution in [3.63, 3.8) is 0 Å². The average molecular weight is 401 g/mol. The van der Waals surface area contributed by atoms with Crippen molar-refractivity contribution in [3.8, 4) is 11.5 Å². The zero-order valence-electron chi connectivity index (χ0n) is 16.3. The summed E-state index contributed by atoms with van der Waals surface area (Å²) in [5.41, 5.74) is 1.41. The minimum absolute atomic E-state index is 0.0902. The van der Waals surface area contributed by atoms with Crippen LogP contribution in [0.4, 0.5) is 0 Å². The first-order valence-corrected chi connectivity index (χ1v) is 9.87. The number of rotatable bonds is 6. The van der Waals surface area contributed by atoms with Crippen LogP contribution in [0.15, 0.2) is 35.2 Å². The summed E-state index contributed by atoms with van der Waals surface area (Å²) >= 11 is 1.47. The van der Waals surface area contributed by atoms with Crippen LogP contribution in [0.2, 0.25) is 0 Å². The summed E-state index contributed by atoms with van der Waals surface area (Å²) in [5.74, 6) is -0.588. The van der Waals surface area contributed by atoms with E-state index in [1.54, 1.807) is 23.1 Å². The number of methoxy groups -OCH3 is 2. The zero-order valence-corrected chi connectivity index (χ0v) is 17.1. The highest BCUT2D eigenvalue weighted by Gasteiger charge is 2.46. The Morgan fingerprint density at radius 3 is 2.54 bits per heavy atom. The molecular weight excluding hydrogens is 378 g/mol. The molecule has 1 amide bonds. The van der Waals surface area contributed by atoms with Crippen LogP contribution in [0.25, 0.3) is 5.76 Å². The molecule has 6 nitrogen and oxygen atoms in total. The van der Waals surface area contributed by atoms with Crippen LogP contribution >= 0.6 is 11.3 Å². The van der Waals surface area contributed by atoms with Crippen molar-refractivity contribution >= 4 is 28.8 Å². The monoisotopic (exact) mass is 401 g/mol. The van der Waals surface area contributed by atoms with Gasteiger partial charge in [-0.2, -0.15) is 0 Å². The Morgan fingerprint density at radius 2 is 1.96 bits per heavy atom. The molecule has 28 heavy (non-hydrogen) atoms. The van der Waals surface area contributed by atoms with Gasteiger partial charge in [-0.1, -0.05) is 6.92 Å². The van der Waals surface area contributed by atoms with E-state index in [0.717, 1.165) is 10.4 Å². The van der Waals surface area contributed by atoms with E-state index in [0.29, 0.717) is 30.0 Å². The Kier molecular flexibility index (Phi) is 5.74. The Bertz CT molecular complexity index is 946. The zero-order chi connectivity index (χ0) is 20.4. The Balaban J connectivity index is 2.22.